The van der Waals surface area contributed by atoms with E-state index in [0.717, 1.165) is 28.1 Å². The van der Waals surface area contributed by atoms with E-state index in [0.29, 0.717) is 0 Å². The van der Waals surface area contributed by atoms with Gasteiger partial charge in [-0.3, -0.25) is 0 Å². The van der Waals surface area contributed by atoms with Crippen LogP contribution < -0.4 is 4.90 Å². The number of nitrogens with zero attached hydrogens (tertiary/aromatic N) is 1. The van der Waals surface area contributed by atoms with Gasteiger partial charge in [0.2, 0.25) is 0 Å². The molecule has 1 N–H and O–H groups in total. The number of hydrogen-bond acceptors (Lipinski definition) is 1. The van der Waals surface area contributed by atoms with Gasteiger partial charge in [0, 0.05) is 27.5 Å². The highest BCUT2D eigenvalue weighted by molar-refractivity contribution is 6.13. The minimum absolute atomic E-state index is 0.447. The first-order valence-electron chi connectivity index (χ1n) is 17.6. The topological polar surface area (TPSA) is 19.0 Å². The van der Waals surface area contributed by atoms with Crippen molar-refractivity contribution in [1.82, 2.24) is 4.98 Å². The number of fused-ring (bicyclic) bond motifs is 6. The van der Waals surface area contributed by atoms with E-state index < -0.39 is 5.41 Å². The van der Waals surface area contributed by atoms with Gasteiger partial charge in [0.15, 0.2) is 0 Å². The van der Waals surface area contributed by atoms with Crippen molar-refractivity contribution in [2.45, 2.75) is 5.41 Å². The molecule has 0 radical (unpaired) electrons. The maximum Gasteiger partial charge on any atom is 0.0713 e. The smallest absolute Gasteiger partial charge is 0.0713 e. The minimum atomic E-state index is -0.447. The Kier molecular flexibility index (Phi) is 6.75. The minimum Gasteiger partial charge on any atom is -0.353 e. The van der Waals surface area contributed by atoms with Gasteiger partial charge < -0.3 is 9.88 Å². The van der Waals surface area contributed by atoms with Gasteiger partial charge in [-0.1, -0.05) is 170 Å². The predicted octanol–water partition coefficient (Wildman–Crippen LogP) is 12.8. The normalized spacial score (nSPS) is 12.9. The van der Waals surface area contributed by atoms with E-state index in [1.807, 2.05) is 0 Å². The van der Waals surface area contributed by atoms with Crippen molar-refractivity contribution in [2.75, 3.05) is 4.90 Å². The summed E-state index contributed by atoms with van der Waals surface area (Å²) >= 11 is 0. The summed E-state index contributed by atoms with van der Waals surface area (Å²) < 4.78 is 0. The lowest BCUT2D eigenvalue weighted by molar-refractivity contribution is 0.768. The van der Waals surface area contributed by atoms with Crippen LogP contribution in [0.25, 0.3) is 44.1 Å². The fourth-order valence-electron chi connectivity index (χ4n) is 8.55. The number of hydrogen-bond donors (Lipinski definition) is 1. The molecule has 1 aliphatic rings. The summed E-state index contributed by atoms with van der Waals surface area (Å²) in [6.07, 6.45) is 0. The Morgan fingerprint density at radius 2 is 0.902 bits per heavy atom. The summed E-state index contributed by atoms with van der Waals surface area (Å²) in [7, 11) is 0. The third-order valence-corrected chi connectivity index (χ3v) is 10.7. The Hall–Kier alpha value is -6.64. The second-order valence-electron chi connectivity index (χ2n) is 13.3. The first kappa shape index (κ1) is 29.3. The van der Waals surface area contributed by atoms with Crippen LogP contribution in [-0.2, 0) is 5.41 Å². The van der Waals surface area contributed by atoms with Crippen LogP contribution in [0.1, 0.15) is 22.3 Å². The molecule has 1 heterocycles. The number of aromatic amines is 1. The lowest BCUT2D eigenvalue weighted by Gasteiger charge is -2.34. The fourth-order valence-corrected chi connectivity index (χ4v) is 8.55. The predicted molar refractivity (Wildman–Crippen MR) is 213 cm³/mol. The van der Waals surface area contributed by atoms with Crippen LogP contribution in [-0.4, -0.2) is 4.98 Å². The number of rotatable bonds is 6. The highest BCUT2D eigenvalue weighted by atomic mass is 15.2. The number of aromatic nitrogens is 1. The monoisotopic (exact) mass is 650 g/mol. The molecule has 10 rings (SSSR count). The maximum absolute atomic E-state index is 3.79. The first-order valence-corrected chi connectivity index (χ1v) is 17.6. The van der Waals surface area contributed by atoms with Crippen LogP contribution in [0.4, 0.5) is 17.1 Å². The lowest BCUT2D eigenvalue weighted by atomic mass is 9.68. The fraction of sp³-hybridized carbons (Fsp3) is 0.0204. The van der Waals surface area contributed by atoms with Gasteiger partial charge in [0.1, 0.15) is 0 Å². The zero-order valence-electron chi connectivity index (χ0n) is 28.0. The summed E-state index contributed by atoms with van der Waals surface area (Å²) in [5.41, 5.74) is 15.2. The summed E-state index contributed by atoms with van der Waals surface area (Å²) in [5.74, 6) is 0. The molecule has 0 saturated carbocycles. The van der Waals surface area contributed by atoms with Crippen molar-refractivity contribution in [3.05, 3.63) is 222 Å². The molecule has 8 aromatic carbocycles. The largest absolute Gasteiger partial charge is 0.353 e. The van der Waals surface area contributed by atoms with Crippen LogP contribution in [0.3, 0.4) is 0 Å². The van der Waals surface area contributed by atoms with Gasteiger partial charge in [-0.15, -0.1) is 0 Å². The van der Waals surface area contributed by atoms with Crippen molar-refractivity contribution in [2.24, 2.45) is 0 Å². The van der Waals surface area contributed by atoms with Crippen LogP contribution >= 0.6 is 0 Å². The van der Waals surface area contributed by atoms with Crippen molar-refractivity contribution >= 4 is 38.9 Å². The summed E-state index contributed by atoms with van der Waals surface area (Å²) in [4.78, 5) is 6.22. The molecule has 0 bridgehead atoms. The van der Waals surface area contributed by atoms with E-state index in [-0.39, 0.29) is 0 Å². The molecule has 0 fully saturated rings. The summed E-state index contributed by atoms with van der Waals surface area (Å²) in [5, 5.41) is 2.44. The average molecular weight is 651 g/mol. The van der Waals surface area contributed by atoms with Gasteiger partial charge in [-0.25, -0.2) is 0 Å². The SMILES string of the molecule is c1ccc(-c2ccccc2N(c2ccc(C3(c4ccccc4)c4ccccc4-c4ccccc43)cc2)c2cccc3c2[nH]c2ccccc23)cc1. The number of para-hydroxylation sites is 3. The molecular weight excluding hydrogens is 617 g/mol. The van der Waals surface area contributed by atoms with Gasteiger partial charge in [0.05, 0.1) is 22.3 Å². The lowest BCUT2D eigenvalue weighted by Crippen LogP contribution is -2.28. The van der Waals surface area contributed by atoms with E-state index in [4.69, 9.17) is 0 Å². The molecule has 240 valence electrons. The maximum atomic E-state index is 3.79. The summed E-state index contributed by atoms with van der Waals surface area (Å²) in [6, 6.07) is 72.9. The number of anilines is 3. The molecule has 0 saturated heterocycles. The average Bonchev–Trinajstić information content (AvgIpc) is 3.74. The molecule has 9 aromatic rings. The Labute approximate surface area is 297 Å². The van der Waals surface area contributed by atoms with E-state index in [1.54, 1.807) is 0 Å². The molecule has 0 unspecified atom stereocenters. The van der Waals surface area contributed by atoms with Crippen molar-refractivity contribution < 1.29 is 0 Å². The Morgan fingerprint density at radius 3 is 1.63 bits per heavy atom. The highest BCUT2D eigenvalue weighted by Gasteiger charge is 2.45. The second-order valence-corrected chi connectivity index (χ2v) is 13.3. The second kappa shape index (κ2) is 11.8. The van der Waals surface area contributed by atoms with Gasteiger partial charge >= 0.3 is 0 Å². The molecule has 1 aliphatic carbocycles. The molecule has 2 nitrogen and oxygen atoms in total. The summed E-state index contributed by atoms with van der Waals surface area (Å²) in [6.45, 7) is 0. The van der Waals surface area contributed by atoms with Crippen LogP contribution in [0.2, 0.25) is 0 Å². The van der Waals surface area contributed by atoms with Gasteiger partial charge in [-0.05, 0) is 69.3 Å². The molecule has 0 aliphatic heterocycles. The Balaban J connectivity index is 1.22. The third kappa shape index (κ3) is 4.43. The zero-order chi connectivity index (χ0) is 33.8. The van der Waals surface area contributed by atoms with Gasteiger partial charge in [0.25, 0.3) is 0 Å². The Bertz CT molecular complexity index is 2640. The van der Waals surface area contributed by atoms with Crippen molar-refractivity contribution in [3.8, 4) is 22.3 Å². The van der Waals surface area contributed by atoms with Crippen molar-refractivity contribution in [3.63, 3.8) is 0 Å². The Morgan fingerprint density at radius 1 is 0.373 bits per heavy atom. The van der Waals surface area contributed by atoms with Crippen LogP contribution in [0, 0.1) is 0 Å². The van der Waals surface area contributed by atoms with E-state index >= 15 is 0 Å². The quantitative estimate of drug-likeness (QED) is 0.190. The molecule has 0 atom stereocenters. The van der Waals surface area contributed by atoms with E-state index in [1.165, 1.54) is 55.3 Å². The number of benzene rings is 8. The number of nitrogens with one attached hydrogen (secondary N) is 1. The van der Waals surface area contributed by atoms with Crippen LogP contribution in [0.15, 0.2) is 200 Å². The van der Waals surface area contributed by atoms with E-state index in [2.05, 4.69) is 210 Å². The molecule has 0 spiro atoms. The molecule has 51 heavy (non-hydrogen) atoms. The molecular formula is C49H34N2. The first-order chi connectivity index (χ1) is 25.3. The molecule has 0 amide bonds. The van der Waals surface area contributed by atoms with Gasteiger partial charge in [-0.2, -0.15) is 0 Å². The molecule has 1 aromatic heterocycles. The zero-order valence-corrected chi connectivity index (χ0v) is 28.0. The standard InChI is InChI=1S/C49H34N2/c1-3-16-34(17-4-1)38-20-10-14-28-46(38)51(47-29-15-24-42-41-23-9-13-27-45(41)50-48(42)47)37-32-30-36(31-33-37)49(35-18-5-2-6-19-35)43-25-11-7-21-39(43)40-22-8-12-26-44(40)49/h1-33,50H. The van der Waals surface area contributed by atoms with Crippen LogP contribution in [0.5, 0.6) is 0 Å². The molecule has 2 heteroatoms. The van der Waals surface area contributed by atoms with E-state index in [9.17, 15) is 0 Å². The number of H-pyrrole nitrogens is 1. The van der Waals surface area contributed by atoms with Crippen molar-refractivity contribution in [1.29, 1.82) is 0 Å². The third-order valence-electron chi connectivity index (χ3n) is 10.7. The highest BCUT2D eigenvalue weighted by Crippen LogP contribution is 2.56.